The second kappa shape index (κ2) is 8.27. The van der Waals surface area contributed by atoms with Crippen LogP contribution in [0.4, 0.5) is 4.39 Å². The van der Waals surface area contributed by atoms with E-state index in [0.717, 1.165) is 16.1 Å². The molecule has 0 heterocycles. The largest absolute Gasteiger partial charge is 0.456 e. The topological polar surface area (TPSA) is 77.6 Å². The van der Waals surface area contributed by atoms with E-state index in [1.54, 1.807) is 24.4 Å². The number of hydrogen-bond donors (Lipinski definition) is 2. The third-order valence-electron chi connectivity index (χ3n) is 2.78. The molecule has 2 rings (SSSR count). The van der Waals surface area contributed by atoms with Crippen LogP contribution in [0.2, 0.25) is 0 Å². The van der Waals surface area contributed by atoms with Gasteiger partial charge in [-0.2, -0.15) is 10.4 Å². The van der Waals surface area contributed by atoms with E-state index in [2.05, 4.69) is 26.5 Å². The van der Waals surface area contributed by atoms with Gasteiger partial charge in [0.25, 0.3) is 0 Å². The smallest absolute Gasteiger partial charge is 0.145 e. The number of nitriles is 1. The predicted molar refractivity (Wildman–Crippen MR) is 88.0 cm³/mol. The molecule has 0 aliphatic carbocycles. The fourth-order valence-electron chi connectivity index (χ4n) is 1.72. The van der Waals surface area contributed by atoms with E-state index in [9.17, 15) is 4.39 Å². The maximum absolute atomic E-state index is 13.1. The Morgan fingerprint density at radius 1 is 1.35 bits per heavy atom. The summed E-state index contributed by atoms with van der Waals surface area (Å²) in [6.07, 6.45) is 1.57. The third kappa shape index (κ3) is 4.77. The first-order valence-electron chi connectivity index (χ1n) is 6.68. The van der Waals surface area contributed by atoms with Gasteiger partial charge in [0.1, 0.15) is 23.4 Å². The Morgan fingerprint density at radius 3 is 2.91 bits per heavy atom. The summed E-state index contributed by atoms with van der Waals surface area (Å²) >= 11 is 3.40. The van der Waals surface area contributed by atoms with Crippen LogP contribution in [0.1, 0.15) is 11.1 Å². The van der Waals surface area contributed by atoms with Crippen LogP contribution >= 0.6 is 15.9 Å². The highest BCUT2D eigenvalue weighted by Gasteiger charge is 2.07. The highest BCUT2D eigenvalue weighted by molar-refractivity contribution is 9.10. The summed E-state index contributed by atoms with van der Waals surface area (Å²) in [5.74, 6) is 0.268. The Hall–Kier alpha value is -2.43. The number of rotatable bonds is 6. The predicted octanol–water partition coefficient (Wildman–Crippen LogP) is 3.17. The van der Waals surface area contributed by atoms with E-state index >= 15 is 0 Å². The number of hydrazone groups is 1. The minimum Gasteiger partial charge on any atom is -0.456 e. The van der Waals surface area contributed by atoms with Crippen LogP contribution < -0.4 is 10.2 Å². The molecule has 0 saturated heterocycles. The van der Waals surface area contributed by atoms with Crippen molar-refractivity contribution in [1.82, 2.24) is 5.43 Å². The lowest BCUT2D eigenvalue weighted by Gasteiger charge is -2.09. The van der Waals surface area contributed by atoms with E-state index in [0.29, 0.717) is 12.3 Å². The Bertz CT molecular complexity index is 759. The Balaban J connectivity index is 2.21. The molecule has 0 amide bonds. The Labute approximate surface area is 141 Å². The molecule has 0 fully saturated rings. The van der Waals surface area contributed by atoms with Crippen molar-refractivity contribution in [2.45, 2.75) is 0 Å². The first-order chi connectivity index (χ1) is 11.1. The van der Waals surface area contributed by atoms with Gasteiger partial charge < -0.3 is 15.3 Å². The van der Waals surface area contributed by atoms with Gasteiger partial charge in [0.2, 0.25) is 0 Å². The summed E-state index contributed by atoms with van der Waals surface area (Å²) < 4.78 is 19.6. The van der Waals surface area contributed by atoms with Crippen LogP contribution in [0.3, 0.4) is 0 Å². The zero-order valence-electron chi connectivity index (χ0n) is 12.0. The maximum atomic E-state index is 13.1. The summed E-state index contributed by atoms with van der Waals surface area (Å²) in [6.45, 7) is 0.342. The monoisotopic (exact) mass is 377 g/mol. The van der Waals surface area contributed by atoms with Crippen LogP contribution in [0.15, 0.2) is 46.0 Å². The van der Waals surface area contributed by atoms with Crippen molar-refractivity contribution in [3.05, 3.63) is 57.8 Å². The molecule has 7 heteroatoms. The standard InChI is InChI=1S/C16H13BrFN3O2/c17-15-3-2-14(8-12(15)10-21-20-5-6-22)23-16-4-1-13(18)7-11(16)9-19/h1-4,7-8,10,20,22H,5-6H2/b21-10+. The van der Waals surface area contributed by atoms with Crippen molar-refractivity contribution in [3.63, 3.8) is 0 Å². The molecule has 0 spiro atoms. The van der Waals surface area contributed by atoms with Crippen LogP contribution in [-0.2, 0) is 0 Å². The molecule has 2 aromatic rings. The van der Waals surface area contributed by atoms with Gasteiger partial charge in [0.15, 0.2) is 0 Å². The van der Waals surface area contributed by atoms with Crippen molar-refractivity contribution < 1.29 is 14.2 Å². The van der Waals surface area contributed by atoms with Crippen molar-refractivity contribution in [1.29, 1.82) is 5.26 Å². The molecule has 118 valence electrons. The molecule has 0 bridgehead atoms. The SMILES string of the molecule is N#Cc1cc(F)ccc1Oc1ccc(Br)c(/C=N/NCCO)c1. The van der Waals surface area contributed by atoms with Crippen LogP contribution in [0.25, 0.3) is 0 Å². The number of halogens is 2. The van der Waals surface area contributed by atoms with Gasteiger partial charge in [0, 0.05) is 10.0 Å². The van der Waals surface area contributed by atoms with E-state index in [1.165, 1.54) is 12.1 Å². The van der Waals surface area contributed by atoms with Gasteiger partial charge in [-0.25, -0.2) is 4.39 Å². The van der Waals surface area contributed by atoms with Crippen LogP contribution in [0, 0.1) is 17.1 Å². The average molecular weight is 378 g/mol. The molecular weight excluding hydrogens is 365 g/mol. The number of aliphatic hydroxyl groups is 1. The molecule has 0 atom stereocenters. The van der Waals surface area contributed by atoms with Crippen LogP contribution in [-0.4, -0.2) is 24.5 Å². The van der Waals surface area contributed by atoms with E-state index in [4.69, 9.17) is 15.1 Å². The van der Waals surface area contributed by atoms with E-state index < -0.39 is 5.82 Å². The number of ether oxygens (including phenoxy) is 1. The molecule has 0 saturated carbocycles. The fraction of sp³-hybridized carbons (Fsp3) is 0.125. The number of nitrogens with zero attached hydrogens (tertiary/aromatic N) is 2. The lowest BCUT2D eigenvalue weighted by Crippen LogP contribution is -2.11. The molecule has 2 aromatic carbocycles. The third-order valence-corrected chi connectivity index (χ3v) is 3.50. The molecule has 0 aromatic heterocycles. The number of nitrogens with one attached hydrogen (secondary N) is 1. The molecule has 5 nitrogen and oxygen atoms in total. The second-order valence-corrected chi connectivity index (χ2v) is 5.28. The van der Waals surface area contributed by atoms with E-state index in [-0.39, 0.29) is 17.9 Å². The minimum atomic E-state index is -0.493. The number of hydrogen-bond acceptors (Lipinski definition) is 5. The number of benzene rings is 2. The second-order valence-electron chi connectivity index (χ2n) is 4.43. The first-order valence-corrected chi connectivity index (χ1v) is 7.47. The van der Waals surface area contributed by atoms with Gasteiger partial charge in [-0.15, -0.1) is 0 Å². The van der Waals surface area contributed by atoms with Crippen molar-refractivity contribution in [2.75, 3.05) is 13.2 Å². The van der Waals surface area contributed by atoms with Gasteiger partial charge in [-0.3, -0.25) is 0 Å². The summed E-state index contributed by atoms with van der Waals surface area (Å²) in [5, 5.41) is 21.7. The van der Waals surface area contributed by atoms with E-state index in [1.807, 2.05) is 6.07 Å². The molecule has 0 aliphatic heterocycles. The fourth-order valence-corrected chi connectivity index (χ4v) is 2.07. The van der Waals surface area contributed by atoms with Gasteiger partial charge in [-0.1, -0.05) is 15.9 Å². The summed E-state index contributed by atoms with van der Waals surface area (Å²) in [7, 11) is 0. The normalized spacial score (nSPS) is 10.5. The summed E-state index contributed by atoms with van der Waals surface area (Å²) in [4.78, 5) is 0. The summed E-state index contributed by atoms with van der Waals surface area (Å²) in [5.41, 5.74) is 3.54. The average Bonchev–Trinajstić information content (AvgIpc) is 2.55. The lowest BCUT2D eigenvalue weighted by atomic mass is 10.2. The lowest BCUT2D eigenvalue weighted by molar-refractivity contribution is 0.294. The first kappa shape index (κ1) is 16.9. The number of aliphatic hydroxyl groups excluding tert-OH is 1. The van der Waals surface area contributed by atoms with Gasteiger partial charge in [0.05, 0.1) is 24.9 Å². The van der Waals surface area contributed by atoms with Gasteiger partial charge in [-0.05, 0) is 36.4 Å². The minimum absolute atomic E-state index is 0.0108. The molecule has 2 N–H and O–H groups in total. The Kier molecular flexibility index (Phi) is 6.09. The molecule has 23 heavy (non-hydrogen) atoms. The zero-order valence-corrected chi connectivity index (χ0v) is 13.5. The van der Waals surface area contributed by atoms with Crippen molar-refractivity contribution >= 4 is 22.1 Å². The van der Waals surface area contributed by atoms with Crippen molar-refractivity contribution in [2.24, 2.45) is 5.10 Å². The molecule has 0 unspecified atom stereocenters. The quantitative estimate of drug-likeness (QED) is 0.460. The highest BCUT2D eigenvalue weighted by Crippen LogP contribution is 2.28. The van der Waals surface area contributed by atoms with Crippen LogP contribution in [0.5, 0.6) is 11.5 Å². The summed E-state index contributed by atoms with van der Waals surface area (Å²) in [6, 6.07) is 10.9. The highest BCUT2D eigenvalue weighted by atomic mass is 79.9. The molecule has 0 radical (unpaired) electrons. The molecular formula is C16H13BrFN3O2. The zero-order chi connectivity index (χ0) is 16.7. The maximum Gasteiger partial charge on any atom is 0.145 e. The molecule has 0 aliphatic rings. The van der Waals surface area contributed by atoms with Crippen molar-refractivity contribution in [3.8, 4) is 17.6 Å². The Morgan fingerprint density at radius 2 is 2.17 bits per heavy atom. The van der Waals surface area contributed by atoms with Gasteiger partial charge >= 0.3 is 0 Å².